The van der Waals surface area contributed by atoms with E-state index in [1.54, 1.807) is 0 Å². The smallest absolute Gasteiger partial charge is 0.201 e. The average molecular weight is 326 g/mol. The molecule has 3 rings (SSSR count). The van der Waals surface area contributed by atoms with Crippen molar-refractivity contribution < 1.29 is 27.4 Å². The van der Waals surface area contributed by atoms with Crippen LogP contribution in [0.15, 0.2) is 24.3 Å². The second-order valence-corrected chi connectivity index (χ2v) is 5.52. The molecule has 122 valence electrons. The van der Waals surface area contributed by atoms with Crippen LogP contribution in [0.4, 0.5) is 17.6 Å². The van der Waals surface area contributed by atoms with Crippen molar-refractivity contribution in [3.8, 4) is 22.6 Å². The monoisotopic (exact) mass is 326 g/mol. The van der Waals surface area contributed by atoms with Gasteiger partial charge >= 0.3 is 0 Å². The van der Waals surface area contributed by atoms with Crippen molar-refractivity contribution in [2.75, 3.05) is 0 Å². The van der Waals surface area contributed by atoms with E-state index >= 15 is 0 Å². The first kappa shape index (κ1) is 15.6. The Hall–Kier alpha value is -2.24. The molecule has 0 aliphatic heterocycles. The molecule has 0 aromatic heterocycles. The molecule has 0 radical (unpaired) electrons. The molecular weight excluding hydrogens is 312 g/mol. The summed E-state index contributed by atoms with van der Waals surface area (Å²) in [5, 5.41) is 9.10. The van der Waals surface area contributed by atoms with Gasteiger partial charge in [0.2, 0.25) is 11.6 Å². The molecule has 1 aliphatic rings. The van der Waals surface area contributed by atoms with Crippen molar-refractivity contribution in [2.45, 2.75) is 31.8 Å². The van der Waals surface area contributed by atoms with Crippen LogP contribution in [0.2, 0.25) is 0 Å². The number of hydrogen-bond acceptors (Lipinski definition) is 2. The summed E-state index contributed by atoms with van der Waals surface area (Å²) < 4.78 is 61.0. The van der Waals surface area contributed by atoms with E-state index in [1.807, 2.05) is 0 Å². The highest BCUT2D eigenvalue weighted by Crippen LogP contribution is 2.35. The van der Waals surface area contributed by atoms with E-state index in [9.17, 15) is 17.6 Å². The zero-order valence-electron chi connectivity index (χ0n) is 12.1. The lowest BCUT2D eigenvalue weighted by atomic mass is 10.0. The van der Waals surface area contributed by atoms with Crippen molar-refractivity contribution in [3.63, 3.8) is 0 Å². The van der Waals surface area contributed by atoms with Gasteiger partial charge in [0.1, 0.15) is 0 Å². The van der Waals surface area contributed by atoms with E-state index in [-0.39, 0.29) is 11.9 Å². The third-order valence-electron chi connectivity index (χ3n) is 3.99. The van der Waals surface area contributed by atoms with Crippen molar-refractivity contribution in [3.05, 3.63) is 47.5 Å². The van der Waals surface area contributed by atoms with Gasteiger partial charge in [-0.05, 0) is 49.9 Å². The lowest BCUT2D eigenvalue weighted by Crippen LogP contribution is -2.12. The van der Waals surface area contributed by atoms with E-state index in [4.69, 9.17) is 9.84 Å². The van der Waals surface area contributed by atoms with Crippen LogP contribution in [0, 0.1) is 23.3 Å². The molecule has 0 saturated heterocycles. The Bertz CT molecular complexity index is 740. The molecule has 2 nitrogen and oxygen atoms in total. The predicted octanol–water partition coefficient (Wildman–Crippen LogP) is 4.94. The summed E-state index contributed by atoms with van der Waals surface area (Å²) in [4.78, 5) is 0. The number of hydrogen-bond donors (Lipinski definition) is 1. The molecule has 0 amide bonds. The first-order valence-corrected chi connectivity index (χ1v) is 7.31. The van der Waals surface area contributed by atoms with Gasteiger partial charge in [0.25, 0.3) is 0 Å². The normalized spacial score (nSPS) is 15.1. The van der Waals surface area contributed by atoms with Gasteiger partial charge in [0.05, 0.1) is 6.10 Å². The molecule has 0 atom stereocenters. The number of aromatic hydroxyl groups is 1. The summed E-state index contributed by atoms with van der Waals surface area (Å²) in [5.41, 5.74) is -0.901. The standard InChI is InChI=1S/C17H14F4O2/c18-14-10(5-7-12(22)16(14)20)11-6-8-13(17(21)15(11)19)23-9-3-1-2-4-9/h5-9,22H,1-4H2. The van der Waals surface area contributed by atoms with Gasteiger partial charge in [0, 0.05) is 11.1 Å². The number of halogens is 4. The Morgan fingerprint density at radius 3 is 2.00 bits per heavy atom. The van der Waals surface area contributed by atoms with Gasteiger partial charge in [-0.25, -0.2) is 8.78 Å². The number of phenols is 1. The largest absolute Gasteiger partial charge is 0.505 e. The van der Waals surface area contributed by atoms with Gasteiger partial charge in [-0.3, -0.25) is 0 Å². The van der Waals surface area contributed by atoms with Crippen LogP contribution in [0.25, 0.3) is 11.1 Å². The summed E-state index contributed by atoms with van der Waals surface area (Å²) in [6, 6.07) is 4.21. The van der Waals surface area contributed by atoms with E-state index in [2.05, 4.69) is 0 Å². The third-order valence-corrected chi connectivity index (χ3v) is 3.99. The minimum atomic E-state index is -1.51. The molecule has 23 heavy (non-hydrogen) atoms. The van der Waals surface area contributed by atoms with Crippen LogP contribution in [-0.2, 0) is 0 Å². The van der Waals surface area contributed by atoms with Crippen LogP contribution in [0.5, 0.6) is 11.5 Å². The average Bonchev–Trinajstić information content (AvgIpc) is 3.04. The molecule has 0 spiro atoms. The summed E-state index contributed by atoms with van der Waals surface area (Å²) in [5.74, 6) is -6.63. The zero-order chi connectivity index (χ0) is 16.6. The maximum Gasteiger partial charge on any atom is 0.201 e. The highest BCUT2D eigenvalue weighted by Gasteiger charge is 2.23. The van der Waals surface area contributed by atoms with E-state index < -0.39 is 40.1 Å². The first-order valence-electron chi connectivity index (χ1n) is 7.31. The lowest BCUT2D eigenvalue weighted by molar-refractivity contribution is 0.198. The number of ether oxygens (including phenoxy) is 1. The van der Waals surface area contributed by atoms with Crippen LogP contribution >= 0.6 is 0 Å². The Labute approximate surface area is 130 Å². The molecule has 1 N–H and O–H groups in total. The van der Waals surface area contributed by atoms with Crippen molar-refractivity contribution >= 4 is 0 Å². The van der Waals surface area contributed by atoms with Crippen molar-refractivity contribution in [1.29, 1.82) is 0 Å². The lowest BCUT2D eigenvalue weighted by Gasteiger charge is -2.15. The van der Waals surface area contributed by atoms with Crippen LogP contribution in [0.3, 0.4) is 0 Å². The van der Waals surface area contributed by atoms with Gasteiger partial charge in [0.15, 0.2) is 23.1 Å². The van der Waals surface area contributed by atoms with Crippen molar-refractivity contribution in [2.24, 2.45) is 0 Å². The van der Waals surface area contributed by atoms with E-state index in [0.29, 0.717) is 0 Å². The van der Waals surface area contributed by atoms with Crippen molar-refractivity contribution in [1.82, 2.24) is 0 Å². The highest BCUT2D eigenvalue weighted by molar-refractivity contribution is 5.67. The van der Waals surface area contributed by atoms with E-state index in [0.717, 1.165) is 43.9 Å². The second-order valence-electron chi connectivity index (χ2n) is 5.52. The van der Waals surface area contributed by atoms with Crippen LogP contribution in [-0.4, -0.2) is 11.2 Å². The summed E-state index contributed by atoms with van der Waals surface area (Å²) in [6.07, 6.45) is 3.36. The third kappa shape index (κ3) is 2.85. The summed E-state index contributed by atoms with van der Waals surface area (Å²) >= 11 is 0. The number of rotatable bonds is 3. The fraction of sp³-hybridized carbons (Fsp3) is 0.294. The first-order chi connectivity index (χ1) is 11.0. The van der Waals surface area contributed by atoms with E-state index in [1.165, 1.54) is 6.07 Å². The SMILES string of the molecule is Oc1ccc(-c2ccc(OC3CCCC3)c(F)c2F)c(F)c1F. The van der Waals surface area contributed by atoms with Gasteiger partial charge in [-0.15, -0.1) is 0 Å². The number of phenolic OH excluding ortho intramolecular Hbond substituents is 1. The molecule has 0 unspecified atom stereocenters. The molecule has 0 heterocycles. The fourth-order valence-electron chi connectivity index (χ4n) is 2.76. The molecule has 0 bridgehead atoms. The fourth-order valence-corrected chi connectivity index (χ4v) is 2.76. The van der Waals surface area contributed by atoms with Gasteiger partial charge in [-0.2, -0.15) is 8.78 Å². The maximum atomic E-state index is 14.2. The molecule has 1 fully saturated rings. The Morgan fingerprint density at radius 2 is 1.35 bits per heavy atom. The Kier molecular flexibility index (Phi) is 4.15. The molecule has 2 aromatic carbocycles. The second kappa shape index (κ2) is 6.10. The maximum absolute atomic E-state index is 14.2. The van der Waals surface area contributed by atoms with Crippen LogP contribution in [0.1, 0.15) is 25.7 Å². The number of benzene rings is 2. The minimum absolute atomic E-state index is 0.155. The Morgan fingerprint density at radius 1 is 0.783 bits per heavy atom. The molecular formula is C17H14F4O2. The predicted molar refractivity (Wildman–Crippen MR) is 76.3 cm³/mol. The zero-order valence-corrected chi connectivity index (χ0v) is 12.1. The quantitative estimate of drug-likeness (QED) is 0.810. The molecule has 1 saturated carbocycles. The Balaban J connectivity index is 1.98. The van der Waals surface area contributed by atoms with Gasteiger partial charge in [-0.1, -0.05) is 0 Å². The summed E-state index contributed by atoms with van der Waals surface area (Å²) in [7, 11) is 0. The van der Waals surface area contributed by atoms with Crippen LogP contribution < -0.4 is 4.74 Å². The molecule has 6 heteroatoms. The summed E-state index contributed by atoms with van der Waals surface area (Å²) in [6.45, 7) is 0. The molecule has 1 aliphatic carbocycles. The van der Waals surface area contributed by atoms with Gasteiger partial charge < -0.3 is 9.84 Å². The highest BCUT2D eigenvalue weighted by atomic mass is 19.2. The topological polar surface area (TPSA) is 29.5 Å². The molecule has 2 aromatic rings. The minimum Gasteiger partial charge on any atom is -0.505 e.